The summed E-state index contributed by atoms with van der Waals surface area (Å²) >= 11 is 0. The van der Waals surface area contributed by atoms with Crippen molar-refractivity contribution in [2.45, 2.75) is 38.5 Å². The molecule has 0 amide bonds. The first kappa shape index (κ1) is 21.0. The molecule has 1 aromatic rings. The number of anilines is 2. The van der Waals surface area contributed by atoms with Crippen LogP contribution in [0.3, 0.4) is 0 Å². The fourth-order valence-electron chi connectivity index (χ4n) is 3.69. The number of rotatable bonds is 8. The average Bonchev–Trinajstić information content (AvgIpc) is 2.92. The summed E-state index contributed by atoms with van der Waals surface area (Å²) in [5.74, 6) is -0.475. The van der Waals surface area contributed by atoms with Gasteiger partial charge in [0.15, 0.2) is 0 Å². The van der Waals surface area contributed by atoms with Crippen molar-refractivity contribution in [1.82, 2.24) is 0 Å². The third kappa shape index (κ3) is 4.64. The van der Waals surface area contributed by atoms with Gasteiger partial charge in [-0.1, -0.05) is 19.3 Å². The predicted octanol–water partition coefficient (Wildman–Crippen LogP) is 2.00. The van der Waals surface area contributed by atoms with Crippen LogP contribution in [-0.2, 0) is 23.1 Å². The molecule has 1 heterocycles. The molecule has 3 rings (SSSR count). The molecule has 2 aliphatic rings. The fraction of sp³-hybridized carbons (Fsp3) is 0.667. The lowest BCUT2D eigenvalue weighted by Crippen LogP contribution is -2.42. The van der Waals surface area contributed by atoms with E-state index in [0.717, 1.165) is 38.5 Å². The Bertz CT molecular complexity index is 811. The first-order valence-corrected chi connectivity index (χ1v) is 11.3. The van der Waals surface area contributed by atoms with Crippen LogP contribution in [0.15, 0.2) is 9.59 Å². The molecule has 10 heteroatoms. The second-order valence-electron chi connectivity index (χ2n) is 7.16. The lowest BCUT2D eigenvalue weighted by atomic mass is 9.89. The van der Waals surface area contributed by atoms with Gasteiger partial charge >= 0.3 is 13.6 Å². The molecule has 0 saturated heterocycles. The molecule has 28 heavy (non-hydrogen) atoms. The van der Waals surface area contributed by atoms with Crippen molar-refractivity contribution in [3.05, 3.63) is 27.6 Å². The zero-order chi connectivity index (χ0) is 20.1. The third-order valence-electron chi connectivity index (χ3n) is 5.34. The number of carbonyl (C=O) groups is 1. The Balaban J connectivity index is 1.51. The molecule has 0 aromatic heterocycles. The molecule has 1 aliphatic carbocycles. The van der Waals surface area contributed by atoms with Crippen molar-refractivity contribution in [1.29, 1.82) is 0 Å². The maximum absolute atomic E-state index is 12.7. The first-order valence-electron chi connectivity index (χ1n) is 9.61. The number of fused-ring (bicyclic) bond motifs is 1. The number of nitrogens with one attached hydrogen (secondary N) is 1. The van der Waals surface area contributed by atoms with E-state index < -0.39 is 25.2 Å². The van der Waals surface area contributed by atoms with Crippen molar-refractivity contribution >= 4 is 24.9 Å². The standard InChI is InChI=1S/C18H26N2O7P/c1-25-28(24,27-12-26-18(23)13-6-3-2-4-7-13)11-10-20-9-5-8-19-14-15(20)17(22)16(14)21/h13,19H,1-12H2. The summed E-state index contributed by atoms with van der Waals surface area (Å²) in [5.41, 5.74) is -0.432. The number of nitrogens with zero attached hydrogens (tertiary/aromatic N) is 1. The Labute approximate surface area is 163 Å². The maximum atomic E-state index is 12.7. The minimum absolute atomic E-state index is 0.0459. The lowest BCUT2D eigenvalue weighted by Gasteiger charge is -2.26. The van der Waals surface area contributed by atoms with Crippen LogP contribution in [0.1, 0.15) is 38.5 Å². The molecular formula is C18H26N2O7P. The van der Waals surface area contributed by atoms with Gasteiger partial charge in [0.25, 0.3) is 10.9 Å². The summed E-state index contributed by atoms with van der Waals surface area (Å²) in [5, 5.41) is 2.95. The summed E-state index contributed by atoms with van der Waals surface area (Å²) < 4.78 is 27.8. The molecule has 0 spiro atoms. The van der Waals surface area contributed by atoms with Crippen molar-refractivity contribution in [3.63, 3.8) is 0 Å². The Hall–Kier alpha value is -1.70. The second kappa shape index (κ2) is 9.20. The minimum Gasteiger partial charge on any atom is -0.438 e. The number of carbonyl (C=O) groups excluding carboxylic acids is 1. The van der Waals surface area contributed by atoms with Crippen molar-refractivity contribution in [2.24, 2.45) is 5.92 Å². The molecule has 1 saturated carbocycles. The van der Waals surface area contributed by atoms with E-state index in [1.807, 2.05) is 0 Å². The van der Waals surface area contributed by atoms with E-state index in [0.29, 0.717) is 24.5 Å². The van der Waals surface area contributed by atoms with E-state index in [9.17, 15) is 18.9 Å². The van der Waals surface area contributed by atoms with Gasteiger partial charge in [-0.2, -0.15) is 0 Å². The molecule has 155 valence electrons. The first-order chi connectivity index (χ1) is 13.4. The van der Waals surface area contributed by atoms with Crippen LogP contribution in [0, 0.1) is 13.0 Å². The minimum atomic E-state index is -3.60. The average molecular weight is 413 g/mol. The SMILES string of the molecule is [CH2]OP(=O)(CCN1CCCNc2c1c(=O)c2=O)OCOC(=O)C1CCCCC1. The fourth-order valence-corrected chi connectivity index (χ4v) is 4.73. The largest absolute Gasteiger partial charge is 0.438 e. The van der Waals surface area contributed by atoms with E-state index in [1.54, 1.807) is 4.90 Å². The molecule has 1 aliphatic heterocycles. The monoisotopic (exact) mass is 413 g/mol. The zero-order valence-electron chi connectivity index (χ0n) is 15.8. The second-order valence-corrected chi connectivity index (χ2v) is 9.34. The van der Waals surface area contributed by atoms with Gasteiger partial charge in [0.05, 0.1) is 19.2 Å². The van der Waals surface area contributed by atoms with Gasteiger partial charge in [-0.3, -0.25) is 23.5 Å². The smallest absolute Gasteiger partial charge is 0.335 e. The number of hydrogen-bond donors (Lipinski definition) is 1. The van der Waals surface area contributed by atoms with E-state index in [-0.39, 0.29) is 24.6 Å². The highest BCUT2D eigenvalue weighted by molar-refractivity contribution is 7.53. The van der Waals surface area contributed by atoms with Gasteiger partial charge in [0.1, 0.15) is 11.4 Å². The van der Waals surface area contributed by atoms with Crippen LogP contribution in [0.5, 0.6) is 0 Å². The highest BCUT2D eigenvalue weighted by Crippen LogP contribution is 2.47. The molecule has 9 nitrogen and oxygen atoms in total. The molecule has 1 fully saturated rings. The maximum Gasteiger partial charge on any atom is 0.335 e. The van der Waals surface area contributed by atoms with E-state index in [1.165, 1.54) is 0 Å². The Morgan fingerprint density at radius 3 is 2.64 bits per heavy atom. The molecule has 1 aromatic carbocycles. The van der Waals surface area contributed by atoms with Crippen molar-refractivity contribution in [2.75, 3.05) is 42.8 Å². The number of ether oxygens (including phenoxy) is 1. The quantitative estimate of drug-likeness (QED) is 0.296. The highest BCUT2D eigenvalue weighted by atomic mass is 31.2. The van der Waals surface area contributed by atoms with E-state index in [4.69, 9.17) is 13.8 Å². The molecule has 1 unspecified atom stereocenters. The van der Waals surface area contributed by atoms with E-state index >= 15 is 0 Å². The predicted molar refractivity (Wildman–Crippen MR) is 104 cm³/mol. The van der Waals surface area contributed by atoms with Crippen LogP contribution in [-0.4, -0.2) is 38.6 Å². The Morgan fingerprint density at radius 2 is 1.93 bits per heavy atom. The molecule has 1 atom stereocenters. The molecule has 1 N–H and O–H groups in total. The summed E-state index contributed by atoms with van der Waals surface area (Å²) in [6.07, 6.45) is 5.42. The van der Waals surface area contributed by atoms with Gasteiger partial charge in [-0.05, 0) is 19.3 Å². The van der Waals surface area contributed by atoms with Gasteiger partial charge in [-0.15, -0.1) is 0 Å². The Kier molecular flexibility index (Phi) is 6.91. The summed E-state index contributed by atoms with van der Waals surface area (Å²) in [6.45, 7) is 0.863. The van der Waals surface area contributed by atoms with Crippen LogP contribution in [0.2, 0.25) is 0 Å². The zero-order valence-corrected chi connectivity index (χ0v) is 16.7. The van der Waals surface area contributed by atoms with Crippen LogP contribution >= 0.6 is 7.60 Å². The lowest BCUT2D eigenvalue weighted by molar-refractivity contribution is -0.156. The van der Waals surface area contributed by atoms with Crippen molar-refractivity contribution < 1.29 is 23.1 Å². The Morgan fingerprint density at radius 1 is 1.18 bits per heavy atom. The van der Waals surface area contributed by atoms with Crippen LogP contribution in [0.25, 0.3) is 0 Å². The normalized spacial score (nSPS) is 20.1. The third-order valence-corrected chi connectivity index (χ3v) is 6.98. The van der Waals surface area contributed by atoms with Crippen LogP contribution < -0.4 is 21.1 Å². The molecular weight excluding hydrogens is 387 g/mol. The molecule has 1 radical (unpaired) electrons. The topological polar surface area (TPSA) is 111 Å². The van der Waals surface area contributed by atoms with Crippen molar-refractivity contribution in [3.8, 4) is 0 Å². The molecule has 0 bridgehead atoms. The summed E-state index contributed by atoms with van der Waals surface area (Å²) in [6, 6.07) is 0. The van der Waals surface area contributed by atoms with E-state index in [2.05, 4.69) is 12.4 Å². The summed E-state index contributed by atoms with van der Waals surface area (Å²) in [4.78, 5) is 37.2. The highest BCUT2D eigenvalue weighted by Gasteiger charge is 2.31. The summed E-state index contributed by atoms with van der Waals surface area (Å²) in [7, 11) is -0.394. The van der Waals surface area contributed by atoms with Gasteiger partial charge in [-0.25, -0.2) is 0 Å². The van der Waals surface area contributed by atoms with Gasteiger partial charge in [0, 0.05) is 19.6 Å². The number of hydrogen-bond acceptors (Lipinski definition) is 9. The van der Waals surface area contributed by atoms with Gasteiger partial charge < -0.3 is 19.5 Å². The van der Waals surface area contributed by atoms with Gasteiger partial charge in [0.2, 0.25) is 6.79 Å². The number of esters is 1. The van der Waals surface area contributed by atoms with Crippen LogP contribution in [0.4, 0.5) is 11.4 Å².